The standard InChI is InChI=1S/C12H12N4O3/c1-7-3-4-9(5-11(7)16(18)19)12(17)14-10-6-13-15-8(10)2/h3-6H,1-2H3,(H,13,15)(H,14,17). The van der Waals surface area contributed by atoms with Gasteiger partial charge in [-0.15, -0.1) is 0 Å². The number of rotatable bonds is 3. The molecule has 0 aliphatic rings. The molecule has 7 heteroatoms. The quantitative estimate of drug-likeness (QED) is 0.652. The minimum atomic E-state index is -0.505. The van der Waals surface area contributed by atoms with Crippen LogP contribution in [0.1, 0.15) is 21.6 Å². The van der Waals surface area contributed by atoms with E-state index in [2.05, 4.69) is 15.5 Å². The molecular formula is C12H12N4O3. The van der Waals surface area contributed by atoms with Crippen LogP contribution in [-0.2, 0) is 0 Å². The Morgan fingerprint density at radius 1 is 1.42 bits per heavy atom. The molecule has 1 aromatic carbocycles. The average Bonchev–Trinajstić information content (AvgIpc) is 2.75. The number of nitro benzene ring substituents is 1. The van der Waals surface area contributed by atoms with E-state index in [1.165, 1.54) is 12.3 Å². The first-order valence-corrected chi connectivity index (χ1v) is 5.55. The van der Waals surface area contributed by atoms with E-state index >= 15 is 0 Å². The van der Waals surface area contributed by atoms with Gasteiger partial charge in [0.1, 0.15) is 0 Å². The summed E-state index contributed by atoms with van der Waals surface area (Å²) in [6.45, 7) is 3.39. The fraction of sp³-hybridized carbons (Fsp3) is 0.167. The predicted molar refractivity (Wildman–Crippen MR) is 69.1 cm³/mol. The first kappa shape index (κ1) is 12.7. The second-order valence-electron chi connectivity index (χ2n) is 4.12. The highest BCUT2D eigenvalue weighted by atomic mass is 16.6. The van der Waals surface area contributed by atoms with Gasteiger partial charge in [0.2, 0.25) is 0 Å². The van der Waals surface area contributed by atoms with Crippen molar-refractivity contribution in [3.05, 3.63) is 51.3 Å². The molecule has 0 bridgehead atoms. The molecular weight excluding hydrogens is 248 g/mol. The van der Waals surface area contributed by atoms with E-state index in [4.69, 9.17) is 0 Å². The lowest BCUT2D eigenvalue weighted by molar-refractivity contribution is -0.385. The molecule has 98 valence electrons. The number of hydrogen-bond donors (Lipinski definition) is 2. The van der Waals surface area contributed by atoms with Crippen LogP contribution in [0.2, 0.25) is 0 Å². The summed E-state index contributed by atoms with van der Waals surface area (Å²) < 4.78 is 0. The minimum absolute atomic E-state index is 0.0726. The number of H-pyrrole nitrogens is 1. The number of aromatic amines is 1. The number of benzene rings is 1. The van der Waals surface area contributed by atoms with Gasteiger partial charge in [0.15, 0.2) is 0 Å². The molecule has 0 saturated heterocycles. The molecule has 0 atom stereocenters. The van der Waals surface area contributed by atoms with Crippen LogP contribution in [0.5, 0.6) is 0 Å². The summed E-state index contributed by atoms with van der Waals surface area (Å²) in [5.74, 6) is -0.410. The van der Waals surface area contributed by atoms with Gasteiger partial charge in [-0.05, 0) is 19.9 Å². The SMILES string of the molecule is Cc1ccc(C(=O)Nc2cn[nH]c2C)cc1[N+](=O)[O-]. The number of amides is 1. The number of carbonyl (C=O) groups excluding carboxylic acids is 1. The first-order chi connectivity index (χ1) is 8.99. The number of aryl methyl sites for hydroxylation is 2. The number of carbonyl (C=O) groups is 1. The highest BCUT2D eigenvalue weighted by Crippen LogP contribution is 2.20. The molecule has 7 nitrogen and oxygen atoms in total. The van der Waals surface area contributed by atoms with E-state index in [1.54, 1.807) is 26.0 Å². The maximum Gasteiger partial charge on any atom is 0.273 e. The fourth-order valence-corrected chi connectivity index (χ4v) is 1.62. The monoisotopic (exact) mass is 260 g/mol. The molecule has 2 N–H and O–H groups in total. The normalized spacial score (nSPS) is 10.2. The van der Waals surface area contributed by atoms with Crippen LogP contribution < -0.4 is 5.32 Å². The molecule has 0 aliphatic heterocycles. The molecule has 0 radical (unpaired) electrons. The molecule has 1 amide bonds. The van der Waals surface area contributed by atoms with Crippen LogP contribution in [0.3, 0.4) is 0 Å². The van der Waals surface area contributed by atoms with Crippen LogP contribution in [0.4, 0.5) is 11.4 Å². The van der Waals surface area contributed by atoms with E-state index in [9.17, 15) is 14.9 Å². The second-order valence-corrected chi connectivity index (χ2v) is 4.12. The van der Waals surface area contributed by atoms with Crippen molar-refractivity contribution in [3.8, 4) is 0 Å². The van der Waals surface area contributed by atoms with E-state index in [1.807, 2.05) is 0 Å². The Balaban J connectivity index is 2.27. The topological polar surface area (TPSA) is 101 Å². The van der Waals surface area contributed by atoms with Crippen molar-refractivity contribution in [2.24, 2.45) is 0 Å². The zero-order valence-electron chi connectivity index (χ0n) is 10.4. The Bertz CT molecular complexity index is 648. The van der Waals surface area contributed by atoms with Crippen LogP contribution in [0, 0.1) is 24.0 Å². The lowest BCUT2D eigenvalue weighted by Crippen LogP contribution is -2.12. The minimum Gasteiger partial charge on any atom is -0.319 e. The summed E-state index contributed by atoms with van der Waals surface area (Å²) in [5.41, 5.74) is 1.94. The molecule has 2 rings (SSSR count). The Kier molecular flexibility index (Phi) is 3.28. The molecule has 1 aromatic heterocycles. The second kappa shape index (κ2) is 4.89. The van der Waals surface area contributed by atoms with Crippen molar-refractivity contribution < 1.29 is 9.72 Å². The van der Waals surface area contributed by atoms with Crippen LogP contribution in [0.25, 0.3) is 0 Å². The van der Waals surface area contributed by atoms with Gasteiger partial charge in [-0.2, -0.15) is 5.10 Å². The van der Waals surface area contributed by atoms with E-state index in [0.29, 0.717) is 11.3 Å². The van der Waals surface area contributed by atoms with Gasteiger partial charge < -0.3 is 5.32 Å². The maximum atomic E-state index is 12.0. The number of anilines is 1. The first-order valence-electron chi connectivity index (χ1n) is 5.55. The third-order valence-electron chi connectivity index (χ3n) is 2.75. The summed E-state index contributed by atoms with van der Waals surface area (Å²) in [6.07, 6.45) is 1.48. The Morgan fingerprint density at radius 3 is 2.74 bits per heavy atom. The van der Waals surface area contributed by atoms with Crippen LogP contribution in [0.15, 0.2) is 24.4 Å². The molecule has 1 heterocycles. The maximum absolute atomic E-state index is 12.0. The molecule has 0 fully saturated rings. The summed E-state index contributed by atoms with van der Waals surface area (Å²) in [4.78, 5) is 22.3. The van der Waals surface area contributed by atoms with Gasteiger partial charge in [-0.3, -0.25) is 20.0 Å². The van der Waals surface area contributed by atoms with Gasteiger partial charge in [-0.25, -0.2) is 0 Å². The Hall–Kier alpha value is -2.70. The Labute approximate surface area is 108 Å². The van der Waals surface area contributed by atoms with Gasteiger partial charge in [0, 0.05) is 17.2 Å². The third-order valence-corrected chi connectivity index (χ3v) is 2.75. The third kappa shape index (κ3) is 2.59. The largest absolute Gasteiger partial charge is 0.319 e. The highest BCUT2D eigenvalue weighted by molar-refractivity contribution is 6.04. The van der Waals surface area contributed by atoms with Crippen molar-refractivity contribution in [3.63, 3.8) is 0 Å². The fourth-order valence-electron chi connectivity index (χ4n) is 1.62. The summed E-state index contributed by atoms with van der Waals surface area (Å²) in [5, 5.41) is 19.9. The van der Waals surface area contributed by atoms with Gasteiger partial charge in [0.05, 0.1) is 22.5 Å². The molecule has 0 aliphatic carbocycles. The highest BCUT2D eigenvalue weighted by Gasteiger charge is 2.15. The number of nitrogens with zero attached hydrogens (tertiary/aromatic N) is 2. The van der Waals surface area contributed by atoms with Crippen molar-refractivity contribution in [2.45, 2.75) is 13.8 Å². The van der Waals surface area contributed by atoms with Crippen LogP contribution >= 0.6 is 0 Å². The summed E-state index contributed by atoms with van der Waals surface area (Å²) in [7, 11) is 0. The smallest absolute Gasteiger partial charge is 0.273 e. The summed E-state index contributed by atoms with van der Waals surface area (Å²) >= 11 is 0. The van der Waals surface area contributed by atoms with Gasteiger partial charge in [0.25, 0.3) is 11.6 Å². The lowest BCUT2D eigenvalue weighted by atomic mass is 10.1. The van der Waals surface area contributed by atoms with E-state index in [-0.39, 0.29) is 11.3 Å². The zero-order chi connectivity index (χ0) is 14.0. The van der Waals surface area contributed by atoms with Gasteiger partial charge in [-0.1, -0.05) is 6.07 Å². The Morgan fingerprint density at radius 2 is 2.16 bits per heavy atom. The lowest BCUT2D eigenvalue weighted by Gasteiger charge is -2.04. The molecule has 0 spiro atoms. The molecule has 0 saturated carbocycles. The zero-order valence-corrected chi connectivity index (χ0v) is 10.4. The number of hydrogen-bond acceptors (Lipinski definition) is 4. The number of aromatic nitrogens is 2. The summed E-state index contributed by atoms with van der Waals surface area (Å²) in [6, 6.07) is 4.36. The van der Waals surface area contributed by atoms with Crippen molar-refractivity contribution in [1.29, 1.82) is 0 Å². The molecule has 0 unspecified atom stereocenters. The van der Waals surface area contributed by atoms with Gasteiger partial charge >= 0.3 is 0 Å². The van der Waals surface area contributed by atoms with Crippen LogP contribution in [-0.4, -0.2) is 21.0 Å². The number of nitro groups is 1. The van der Waals surface area contributed by atoms with Crippen molar-refractivity contribution in [1.82, 2.24) is 10.2 Å². The predicted octanol–water partition coefficient (Wildman–Crippen LogP) is 2.19. The number of nitrogens with one attached hydrogen (secondary N) is 2. The van der Waals surface area contributed by atoms with E-state index in [0.717, 1.165) is 5.69 Å². The molecule has 19 heavy (non-hydrogen) atoms. The average molecular weight is 260 g/mol. The van der Waals surface area contributed by atoms with Crippen molar-refractivity contribution >= 4 is 17.3 Å². The molecule has 2 aromatic rings. The van der Waals surface area contributed by atoms with E-state index < -0.39 is 10.8 Å². The van der Waals surface area contributed by atoms with Crippen molar-refractivity contribution in [2.75, 3.05) is 5.32 Å².